The number of carbonyl (C=O) groups excluding carboxylic acids is 2. The lowest BCUT2D eigenvalue weighted by atomic mass is 9.85. The average Bonchev–Trinajstić information content (AvgIpc) is 3.15. The van der Waals surface area contributed by atoms with E-state index in [4.69, 9.17) is 32.7 Å². The number of allylic oxidation sites excluding steroid dienone is 1. The van der Waals surface area contributed by atoms with Gasteiger partial charge in [0, 0.05) is 21.7 Å². The molecule has 3 atom stereocenters. The molecule has 0 aliphatic heterocycles. The molecular formula is C22H21Cl2NO4. The number of esters is 1. The average molecular weight is 434 g/mol. The quantitative estimate of drug-likeness (QED) is 0.532. The molecule has 0 spiro atoms. The van der Waals surface area contributed by atoms with Gasteiger partial charge in [-0.2, -0.15) is 0 Å². The second kappa shape index (κ2) is 9.33. The van der Waals surface area contributed by atoms with Crippen LogP contribution in [0.15, 0.2) is 54.6 Å². The molecule has 0 radical (unpaired) electrons. The van der Waals surface area contributed by atoms with E-state index in [1.807, 2.05) is 36.4 Å². The van der Waals surface area contributed by atoms with E-state index >= 15 is 0 Å². The van der Waals surface area contributed by atoms with Gasteiger partial charge in [0.1, 0.15) is 5.75 Å². The Balaban J connectivity index is 1.72. The van der Waals surface area contributed by atoms with Crippen LogP contribution in [-0.4, -0.2) is 32.1 Å². The van der Waals surface area contributed by atoms with Crippen LogP contribution in [0.3, 0.4) is 0 Å². The molecule has 152 valence electrons. The highest BCUT2D eigenvalue weighted by Crippen LogP contribution is 2.35. The van der Waals surface area contributed by atoms with Gasteiger partial charge in [-0.05, 0) is 48.2 Å². The molecule has 1 aliphatic rings. The van der Waals surface area contributed by atoms with Crippen LogP contribution in [0.1, 0.15) is 28.3 Å². The summed E-state index contributed by atoms with van der Waals surface area (Å²) in [6, 6.07) is 11.8. The second-order valence-electron chi connectivity index (χ2n) is 6.80. The third-order valence-corrected chi connectivity index (χ3v) is 5.35. The lowest BCUT2D eigenvalue weighted by molar-refractivity contribution is -0.143. The Morgan fingerprint density at radius 1 is 1.03 bits per heavy atom. The van der Waals surface area contributed by atoms with Crippen LogP contribution in [0.2, 0.25) is 10.0 Å². The summed E-state index contributed by atoms with van der Waals surface area (Å²) in [5, 5.41) is 3.74. The van der Waals surface area contributed by atoms with Crippen molar-refractivity contribution in [2.75, 3.05) is 14.2 Å². The van der Waals surface area contributed by atoms with E-state index < -0.39 is 5.92 Å². The summed E-state index contributed by atoms with van der Waals surface area (Å²) in [4.78, 5) is 25.0. The first-order chi connectivity index (χ1) is 13.9. The molecule has 5 nitrogen and oxygen atoms in total. The van der Waals surface area contributed by atoms with Crippen molar-refractivity contribution >= 4 is 35.1 Å². The number of amides is 1. The fraction of sp³-hybridized carbons (Fsp3) is 0.273. The standard InChI is InChI=1S/C22H21Cl2NO4/c1-28-19-7-4-13(5-8-19)20(22(27)29-2)14-3-6-18(11-14)25-21(26)15-9-16(23)12-17(24)10-15/h3-10,12,14,18,20H,11H2,1-2H3,(H,25,26)/t14-,18-,20-/m1/s1. The molecule has 3 rings (SSSR count). The number of nitrogens with one attached hydrogen (secondary N) is 1. The minimum Gasteiger partial charge on any atom is -0.497 e. The first kappa shape index (κ1) is 21.2. The highest BCUT2D eigenvalue weighted by atomic mass is 35.5. The first-order valence-corrected chi connectivity index (χ1v) is 9.84. The van der Waals surface area contributed by atoms with Crippen molar-refractivity contribution in [1.29, 1.82) is 0 Å². The maximum absolute atomic E-state index is 12.5. The molecular weight excluding hydrogens is 413 g/mol. The van der Waals surface area contributed by atoms with Gasteiger partial charge in [0.15, 0.2) is 0 Å². The van der Waals surface area contributed by atoms with Crippen molar-refractivity contribution in [3.63, 3.8) is 0 Å². The predicted molar refractivity (Wildman–Crippen MR) is 113 cm³/mol. The van der Waals surface area contributed by atoms with Crippen LogP contribution in [-0.2, 0) is 9.53 Å². The summed E-state index contributed by atoms with van der Waals surface area (Å²) in [6.45, 7) is 0. The molecule has 0 aromatic heterocycles. The van der Waals surface area contributed by atoms with E-state index in [0.29, 0.717) is 27.8 Å². The van der Waals surface area contributed by atoms with Gasteiger partial charge in [-0.3, -0.25) is 9.59 Å². The zero-order valence-corrected chi connectivity index (χ0v) is 17.5. The fourth-order valence-corrected chi connectivity index (χ4v) is 4.04. The SMILES string of the molecule is COC(=O)[C@H](c1ccc(OC)cc1)[C@@H]1C=C[C@@H](NC(=O)c2cc(Cl)cc(Cl)c2)C1. The van der Waals surface area contributed by atoms with Gasteiger partial charge in [-0.15, -0.1) is 0 Å². The first-order valence-electron chi connectivity index (χ1n) is 9.08. The van der Waals surface area contributed by atoms with Crippen molar-refractivity contribution in [2.24, 2.45) is 5.92 Å². The number of methoxy groups -OCH3 is 2. The molecule has 2 aromatic carbocycles. The Labute approximate surface area is 179 Å². The fourth-order valence-electron chi connectivity index (χ4n) is 3.51. The third-order valence-electron chi connectivity index (χ3n) is 4.92. The van der Waals surface area contributed by atoms with Gasteiger partial charge in [0.25, 0.3) is 5.91 Å². The molecule has 7 heteroatoms. The normalized spacial score (nSPS) is 18.9. The molecule has 0 unspecified atom stereocenters. The van der Waals surface area contributed by atoms with E-state index in [1.54, 1.807) is 25.3 Å². The summed E-state index contributed by atoms with van der Waals surface area (Å²) in [5.41, 5.74) is 1.22. The number of benzene rings is 2. The molecule has 0 bridgehead atoms. The number of ether oxygens (including phenoxy) is 2. The molecule has 0 heterocycles. The van der Waals surface area contributed by atoms with Gasteiger partial charge in [-0.1, -0.05) is 47.5 Å². The minimum atomic E-state index is -0.468. The van der Waals surface area contributed by atoms with Crippen LogP contribution >= 0.6 is 23.2 Å². The zero-order chi connectivity index (χ0) is 21.0. The molecule has 29 heavy (non-hydrogen) atoms. The van der Waals surface area contributed by atoms with E-state index in [9.17, 15) is 9.59 Å². The lowest BCUT2D eigenvalue weighted by Crippen LogP contribution is -2.33. The molecule has 2 aromatic rings. The number of hydrogen-bond acceptors (Lipinski definition) is 4. The number of halogens is 2. The lowest BCUT2D eigenvalue weighted by Gasteiger charge is -2.22. The van der Waals surface area contributed by atoms with Gasteiger partial charge >= 0.3 is 5.97 Å². The molecule has 0 saturated carbocycles. The Morgan fingerprint density at radius 3 is 2.28 bits per heavy atom. The van der Waals surface area contributed by atoms with Crippen LogP contribution in [0.4, 0.5) is 0 Å². The second-order valence-corrected chi connectivity index (χ2v) is 7.67. The van der Waals surface area contributed by atoms with Crippen LogP contribution in [0.5, 0.6) is 5.75 Å². The Morgan fingerprint density at radius 2 is 1.69 bits per heavy atom. The monoisotopic (exact) mass is 433 g/mol. The molecule has 1 aliphatic carbocycles. The topological polar surface area (TPSA) is 64.6 Å². The highest BCUT2D eigenvalue weighted by molar-refractivity contribution is 6.35. The predicted octanol–water partition coefficient (Wildman–Crippen LogP) is 4.63. The van der Waals surface area contributed by atoms with Crippen LogP contribution in [0, 0.1) is 5.92 Å². The van der Waals surface area contributed by atoms with E-state index in [0.717, 1.165) is 5.56 Å². The number of hydrogen-bond donors (Lipinski definition) is 1. The van der Waals surface area contributed by atoms with Crippen molar-refractivity contribution in [3.8, 4) is 5.75 Å². The molecule has 1 N–H and O–H groups in total. The van der Waals surface area contributed by atoms with Crippen molar-refractivity contribution in [2.45, 2.75) is 18.4 Å². The summed E-state index contributed by atoms with van der Waals surface area (Å²) < 4.78 is 10.2. The van der Waals surface area contributed by atoms with Crippen molar-refractivity contribution in [1.82, 2.24) is 5.32 Å². The van der Waals surface area contributed by atoms with Crippen molar-refractivity contribution < 1.29 is 19.1 Å². The molecule has 0 fully saturated rings. The zero-order valence-electron chi connectivity index (χ0n) is 16.0. The van der Waals surface area contributed by atoms with Gasteiger partial charge in [0.05, 0.1) is 20.1 Å². The molecule has 1 amide bonds. The Hall–Kier alpha value is -2.50. The number of carbonyl (C=O) groups is 2. The van der Waals surface area contributed by atoms with E-state index in [2.05, 4.69) is 5.32 Å². The van der Waals surface area contributed by atoms with E-state index in [1.165, 1.54) is 7.11 Å². The maximum atomic E-state index is 12.5. The van der Waals surface area contributed by atoms with Crippen molar-refractivity contribution in [3.05, 3.63) is 75.8 Å². The maximum Gasteiger partial charge on any atom is 0.313 e. The smallest absolute Gasteiger partial charge is 0.313 e. The molecule has 0 saturated heterocycles. The number of rotatable bonds is 6. The summed E-state index contributed by atoms with van der Waals surface area (Å²) >= 11 is 12.0. The van der Waals surface area contributed by atoms with Gasteiger partial charge < -0.3 is 14.8 Å². The summed E-state index contributed by atoms with van der Waals surface area (Å²) in [7, 11) is 2.96. The largest absolute Gasteiger partial charge is 0.497 e. The minimum absolute atomic E-state index is 0.107. The Kier molecular flexibility index (Phi) is 6.83. The summed E-state index contributed by atoms with van der Waals surface area (Å²) in [5.74, 6) is -0.458. The van der Waals surface area contributed by atoms with Gasteiger partial charge in [-0.25, -0.2) is 0 Å². The van der Waals surface area contributed by atoms with Crippen LogP contribution < -0.4 is 10.1 Å². The van der Waals surface area contributed by atoms with Crippen LogP contribution in [0.25, 0.3) is 0 Å². The Bertz CT molecular complexity index is 907. The highest BCUT2D eigenvalue weighted by Gasteiger charge is 2.34. The summed E-state index contributed by atoms with van der Waals surface area (Å²) in [6.07, 6.45) is 4.42. The van der Waals surface area contributed by atoms with Gasteiger partial charge in [0.2, 0.25) is 0 Å². The third kappa shape index (κ3) is 5.11. The van der Waals surface area contributed by atoms with E-state index in [-0.39, 0.29) is 23.8 Å².